The molecule has 0 spiro atoms. The average Bonchev–Trinajstić information content (AvgIpc) is 3.44. The zero-order valence-electron chi connectivity index (χ0n) is 51.2. The molecule has 8 unspecified atom stereocenters. The van der Waals surface area contributed by atoms with Crippen LogP contribution in [0.1, 0.15) is 111 Å². The van der Waals surface area contributed by atoms with Crippen LogP contribution in [0.5, 0.6) is 0 Å². The summed E-state index contributed by atoms with van der Waals surface area (Å²) in [6.07, 6.45) is -12.8. The summed E-state index contributed by atoms with van der Waals surface area (Å²) in [6, 6.07) is 0. The summed E-state index contributed by atoms with van der Waals surface area (Å²) in [5, 5.41) is 39.5. The van der Waals surface area contributed by atoms with Gasteiger partial charge in [0.15, 0.2) is 0 Å². The van der Waals surface area contributed by atoms with E-state index in [2.05, 4.69) is 74.4 Å². The van der Waals surface area contributed by atoms with E-state index in [-0.39, 0.29) is 84.2 Å². The molecule has 0 rings (SSSR count). The van der Waals surface area contributed by atoms with Crippen molar-refractivity contribution in [3.8, 4) is 0 Å². The van der Waals surface area contributed by atoms with Gasteiger partial charge in [0.25, 0.3) is 0 Å². The van der Waals surface area contributed by atoms with Crippen LogP contribution in [0.4, 0.5) is 38.4 Å². The molecule has 0 saturated heterocycles. The van der Waals surface area contributed by atoms with Gasteiger partial charge in [-0.05, 0) is 140 Å². The maximum atomic E-state index is 13.8. The molecule has 0 fully saturated rings. The molecule has 83 heavy (non-hydrogen) atoms. The molecule has 8 atom stereocenters. The van der Waals surface area contributed by atoms with Gasteiger partial charge < -0.3 is 112 Å². The van der Waals surface area contributed by atoms with E-state index in [1.807, 2.05) is 0 Å². The Kier molecular flexibility index (Phi) is 47.8. The number of alkyl carbamates (subject to hydrolysis) is 8. The first-order valence-corrected chi connectivity index (χ1v) is 29.4. The lowest BCUT2D eigenvalue weighted by molar-refractivity contribution is -0.0272. The zero-order chi connectivity index (χ0) is 61.9. The topological polar surface area (TPSA) is 379 Å². The molecule has 30 heteroatoms. The summed E-state index contributed by atoms with van der Waals surface area (Å²) >= 11 is 0. The number of carbonyl (C=O) groups is 8. The second kappa shape index (κ2) is 51.6. The van der Waals surface area contributed by atoms with Gasteiger partial charge in [-0.1, -0.05) is 6.92 Å². The monoisotopic (exact) mass is 1190 g/mol. The smallest absolute Gasteiger partial charge is 0.407 e. The van der Waals surface area contributed by atoms with Crippen molar-refractivity contribution in [2.45, 2.75) is 159 Å². The second-order valence-corrected chi connectivity index (χ2v) is 19.5. The van der Waals surface area contributed by atoms with Crippen molar-refractivity contribution in [2.24, 2.45) is 0 Å². The number of hydrogen-bond acceptors (Lipinski definition) is 22. The van der Waals surface area contributed by atoms with Crippen LogP contribution >= 0.6 is 0 Å². The van der Waals surface area contributed by atoms with E-state index >= 15 is 0 Å². The van der Waals surface area contributed by atoms with Crippen molar-refractivity contribution < 1.29 is 76.3 Å². The minimum absolute atomic E-state index is 0.0296. The molecule has 0 radical (unpaired) electrons. The predicted octanol–water partition coefficient (Wildman–Crippen LogP) is 2.21. The molecule has 0 aliphatic rings. The minimum atomic E-state index is -1.26. The predicted molar refractivity (Wildman–Crippen MR) is 312 cm³/mol. The first-order valence-electron chi connectivity index (χ1n) is 29.4. The molecule has 0 heterocycles. The second-order valence-electron chi connectivity index (χ2n) is 19.5. The molecular formula is C53H106N14O16. The van der Waals surface area contributed by atoms with Crippen LogP contribution in [0.15, 0.2) is 0 Å². The van der Waals surface area contributed by atoms with Crippen LogP contribution < -0.4 is 74.4 Å². The molecule has 0 aromatic rings. The van der Waals surface area contributed by atoms with E-state index in [4.69, 9.17) is 37.9 Å². The summed E-state index contributed by atoms with van der Waals surface area (Å²) < 4.78 is 47.6. The third-order valence-corrected chi connectivity index (χ3v) is 12.2. The number of carbonyl (C=O) groups excluding carboxylic acids is 8. The average molecular weight is 1200 g/mol. The van der Waals surface area contributed by atoms with Gasteiger partial charge in [0.2, 0.25) is 0 Å². The molecular weight excluding hydrogens is 1090 g/mol. The molecule has 484 valence electrons. The molecule has 0 aliphatic heterocycles. The summed E-state index contributed by atoms with van der Waals surface area (Å²) in [6.45, 7) is 10.3. The Balaban J connectivity index is 7.97. The summed E-state index contributed by atoms with van der Waals surface area (Å²) in [4.78, 5) is 107. The van der Waals surface area contributed by atoms with Gasteiger partial charge in [-0.25, -0.2) is 38.4 Å². The largest absolute Gasteiger partial charge is 0.446 e. The van der Waals surface area contributed by atoms with Crippen molar-refractivity contribution in [1.82, 2.24) is 74.4 Å². The highest BCUT2D eigenvalue weighted by Crippen LogP contribution is 2.26. The van der Waals surface area contributed by atoms with Crippen molar-refractivity contribution in [2.75, 3.05) is 134 Å². The van der Waals surface area contributed by atoms with Crippen molar-refractivity contribution in [3.05, 3.63) is 0 Å². The van der Waals surface area contributed by atoms with E-state index in [1.54, 1.807) is 63.1 Å². The van der Waals surface area contributed by atoms with E-state index < -0.39 is 97.6 Å². The Bertz CT molecular complexity index is 1750. The Labute approximate surface area is 492 Å². The van der Waals surface area contributed by atoms with Gasteiger partial charge in [0, 0.05) is 97.8 Å². The Morgan fingerprint density at radius 1 is 0.277 bits per heavy atom. The lowest BCUT2D eigenvalue weighted by Crippen LogP contribution is -2.42. The first-order chi connectivity index (χ1) is 40.0. The van der Waals surface area contributed by atoms with E-state index in [1.165, 1.54) is 7.05 Å². The third kappa shape index (κ3) is 44.2. The number of ether oxygens (including phenoxy) is 8. The van der Waals surface area contributed by atoms with Gasteiger partial charge in [-0.2, -0.15) is 0 Å². The third-order valence-electron chi connectivity index (χ3n) is 12.2. The van der Waals surface area contributed by atoms with Gasteiger partial charge >= 0.3 is 48.7 Å². The zero-order valence-corrected chi connectivity index (χ0v) is 51.2. The van der Waals surface area contributed by atoms with Crippen LogP contribution in [0.3, 0.4) is 0 Å². The molecule has 30 nitrogen and oxygen atoms in total. The minimum Gasteiger partial charge on any atom is -0.446 e. The highest BCUT2D eigenvalue weighted by molar-refractivity contribution is 5.70. The fraction of sp³-hybridized carbons (Fsp3) is 0.849. The number of nitrogens with one attached hydrogen (secondary N) is 14. The van der Waals surface area contributed by atoms with E-state index in [0.29, 0.717) is 90.8 Å². The first kappa shape index (κ1) is 76.9. The number of hydrogen-bond donors (Lipinski definition) is 14. The lowest BCUT2D eigenvalue weighted by Gasteiger charge is -2.31. The van der Waals surface area contributed by atoms with Gasteiger partial charge in [0.1, 0.15) is 48.8 Å². The van der Waals surface area contributed by atoms with Crippen LogP contribution in [0.2, 0.25) is 0 Å². The van der Waals surface area contributed by atoms with Gasteiger partial charge in [-0.15, -0.1) is 0 Å². The van der Waals surface area contributed by atoms with Crippen LogP contribution in [-0.2, 0) is 37.9 Å². The van der Waals surface area contributed by atoms with Crippen LogP contribution in [0, 0.1) is 0 Å². The molecule has 14 N–H and O–H groups in total. The number of amides is 8. The lowest BCUT2D eigenvalue weighted by atomic mass is 9.95. The van der Waals surface area contributed by atoms with Gasteiger partial charge in [0.05, 0.1) is 0 Å². The van der Waals surface area contributed by atoms with E-state index in [0.717, 1.165) is 0 Å². The van der Waals surface area contributed by atoms with Crippen LogP contribution in [0.25, 0.3) is 0 Å². The quantitative estimate of drug-likeness (QED) is 0.0307. The Morgan fingerprint density at radius 2 is 0.494 bits per heavy atom. The van der Waals surface area contributed by atoms with Crippen LogP contribution in [-0.4, -0.2) is 232 Å². The fourth-order valence-corrected chi connectivity index (χ4v) is 8.10. The molecule has 0 saturated carbocycles. The standard InChI is InChI=1S/C53H106N14O16/c1-11-39(77-47(69)61-12-2)32-41(79-49(71)63-26-14-20-55-5)34-43(81-51(73)65-28-16-22-57-7)36-45(83-53(75)67-30-18-24-59-9)37-44(82-52(74)66-29-17-23-58-8)35-42(80-50(72)64-27-15-21-56-6)33-40(31-38(3)76-46(68)60-10)78-48(70)62-25-13-19-54-4/h38-45,54-59H,11-37H2,1-10H3,(H,60,68)(H,61,69)(H,62,70)(H,63,71)(H,64,72)(H,65,73)(H,66,74)(H,67,75). The molecule has 0 bridgehead atoms. The van der Waals surface area contributed by atoms with Crippen molar-refractivity contribution >= 4 is 48.7 Å². The molecule has 0 aliphatic carbocycles. The highest BCUT2D eigenvalue weighted by atomic mass is 16.6. The highest BCUT2D eigenvalue weighted by Gasteiger charge is 2.35. The SMILES string of the molecule is CCNC(=O)OC(CC)CC(CC(CC(CC(CC(CC(CC(C)OC(=O)NC)OC(=O)NCCCNC)OC(=O)NCCCNC)OC(=O)NCCCNC)OC(=O)NCCCNC)OC(=O)NCCCNC)OC(=O)NCCCNC. The maximum Gasteiger partial charge on any atom is 0.407 e. The maximum absolute atomic E-state index is 13.8. The molecule has 0 aromatic heterocycles. The summed E-state index contributed by atoms with van der Waals surface area (Å²) in [5.74, 6) is 0. The number of rotatable bonds is 48. The molecule has 0 aromatic carbocycles. The van der Waals surface area contributed by atoms with Crippen molar-refractivity contribution in [3.63, 3.8) is 0 Å². The van der Waals surface area contributed by atoms with Crippen molar-refractivity contribution in [1.29, 1.82) is 0 Å². The van der Waals surface area contributed by atoms with E-state index in [9.17, 15) is 38.4 Å². The Hall–Kier alpha value is -6.08. The normalized spacial score (nSPS) is 13.8. The molecule has 8 amide bonds. The fourth-order valence-electron chi connectivity index (χ4n) is 8.10. The van der Waals surface area contributed by atoms with Gasteiger partial charge in [-0.3, -0.25) is 0 Å². The Morgan fingerprint density at radius 3 is 0.711 bits per heavy atom. The summed E-state index contributed by atoms with van der Waals surface area (Å²) in [7, 11) is 12.0. The summed E-state index contributed by atoms with van der Waals surface area (Å²) in [5.41, 5.74) is 0.